The number of rotatable bonds is 2. The van der Waals surface area contributed by atoms with Crippen LogP contribution in [0.15, 0.2) is 48.5 Å². The first-order chi connectivity index (χ1) is 9.59. The Bertz CT molecular complexity index is 771. The summed E-state index contributed by atoms with van der Waals surface area (Å²) in [6, 6.07) is 14.8. The first-order valence-corrected chi connectivity index (χ1v) is 6.28. The number of aryl methyl sites for hydroxylation is 2. The molecule has 0 saturated carbocycles. The monoisotopic (exact) mass is 396 g/mol. The van der Waals surface area contributed by atoms with Crippen molar-refractivity contribution in [3.8, 4) is 11.4 Å². The Kier molecular flexibility index (Phi) is 4.26. The predicted molar refractivity (Wildman–Crippen MR) is 91.6 cm³/mol. The normalized spacial score (nSPS) is 10.4. The molecule has 0 aliphatic carbocycles. The molecule has 3 aromatic rings. The number of nitro groups is 1. The summed E-state index contributed by atoms with van der Waals surface area (Å²) < 4.78 is 4.19. The molecule has 0 bridgehead atoms. The fraction of sp³-hybridized carbons (Fsp3) is 0.133. The van der Waals surface area contributed by atoms with Gasteiger partial charge in [0.15, 0.2) is 11.0 Å². The number of nitro benzene ring substituents is 1. The minimum absolute atomic E-state index is 0. The highest BCUT2D eigenvalue weighted by molar-refractivity contribution is 14.0. The number of hydrogen-bond acceptors (Lipinski definition) is 2. The lowest BCUT2D eigenvalue weighted by molar-refractivity contribution is -0.634. The second-order valence-electron chi connectivity index (χ2n) is 4.73. The standard InChI is InChI=1S/C15H14N3O2.HI/c1-16-13-5-3-4-6-14(13)17(2)15(16)11-7-9-12(10-8-11)18(19)20;/h3-10H,1-2H3;1H/q+1;. The van der Waals surface area contributed by atoms with Crippen LogP contribution in [-0.4, -0.2) is 9.49 Å². The smallest absolute Gasteiger partial charge is 0.258 e. The Morgan fingerprint density at radius 1 is 1.10 bits per heavy atom. The van der Waals surface area contributed by atoms with Crippen molar-refractivity contribution in [1.29, 1.82) is 0 Å². The molecule has 108 valence electrons. The minimum Gasteiger partial charge on any atom is -0.258 e. The van der Waals surface area contributed by atoms with Crippen LogP contribution in [0.3, 0.4) is 0 Å². The minimum atomic E-state index is -0.384. The second-order valence-corrected chi connectivity index (χ2v) is 4.73. The van der Waals surface area contributed by atoms with E-state index in [4.69, 9.17) is 0 Å². The predicted octanol–water partition coefficient (Wildman–Crippen LogP) is 3.20. The molecule has 0 atom stereocenters. The fourth-order valence-corrected chi connectivity index (χ4v) is 2.60. The number of fused-ring (bicyclic) bond motifs is 1. The molecule has 1 heterocycles. The number of para-hydroxylation sites is 2. The van der Waals surface area contributed by atoms with Crippen LogP contribution in [0.4, 0.5) is 5.69 Å². The van der Waals surface area contributed by atoms with Gasteiger partial charge in [-0.25, -0.2) is 9.13 Å². The summed E-state index contributed by atoms with van der Waals surface area (Å²) in [4.78, 5) is 10.3. The summed E-state index contributed by atoms with van der Waals surface area (Å²) in [6.45, 7) is 0. The van der Waals surface area contributed by atoms with Gasteiger partial charge in [-0.05, 0) is 24.3 Å². The number of aromatic nitrogens is 2. The number of imidazole rings is 1. The third kappa shape index (κ3) is 2.51. The Balaban J connectivity index is 0.00000161. The number of nitrogens with zero attached hydrogens (tertiary/aromatic N) is 3. The van der Waals surface area contributed by atoms with E-state index in [0.29, 0.717) is 0 Å². The number of benzene rings is 2. The molecule has 0 aliphatic rings. The van der Waals surface area contributed by atoms with Gasteiger partial charge < -0.3 is 0 Å². The molecule has 0 saturated heterocycles. The summed E-state index contributed by atoms with van der Waals surface area (Å²) >= 11 is 0. The van der Waals surface area contributed by atoms with Crippen LogP contribution in [0.1, 0.15) is 0 Å². The van der Waals surface area contributed by atoms with Gasteiger partial charge >= 0.3 is 0 Å². The van der Waals surface area contributed by atoms with Gasteiger partial charge in [-0.1, -0.05) is 12.1 Å². The quantitative estimate of drug-likeness (QED) is 0.289. The maximum absolute atomic E-state index is 10.7. The van der Waals surface area contributed by atoms with Crippen LogP contribution >= 0.6 is 24.0 Å². The van der Waals surface area contributed by atoms with Crippen LogP contribution in [0.5, 0.6) is 0 Å². The molecular formula is C15H15IN3O2+. The molecule has 6 heteroatoms. The largest absolute Gasteiger partial charge is 0.289 e. The Morgan fingerprint density at radius 2 is 1.71 bits per heavy atom. The molecule has 0 N–H and O–H groups in total. The number of halogens is 1. The van der Waals surface area contributed by atoms with Crippen LogP contribution < -0.4 is 4.57 Å². The van der Waals surface area contributed by atoms with Gasteiger partial charge in [0, 0.05) is 12.1 Å². The molecule has 0 amide bonds. The molecule has 0 unspecified atom stereocenters. The highest BCUT2D eigenvalue weighted by atomic mass is 127. The van der Waals surface area contributed by atoms with Crippen LogP contribution in [0.2, 0.25) is 0 Å². The van der Waals surface area contributed by atoms with Crippen molar-refractivity contribution >= 4 is 40.7 Å². The first kappa shape index (κ1) is 15.4. The summed E-state index contributed by atoms with van der Waals surface area (Å²) in [5.74, 6) is 1.01. The van der Waals surface area contributed by atoms with Crippen molar-refractivity contribution in [2.24, 2.45) is 14.1 Å². The van der Waals surface area contributed by atoms with E-state index in [9.17, 15) is 10.1 Å². The van der Waals surface area contributed by atoms with Crippen LogP contribution in [-0.2, 0) is 14.1 Å². The van der Waals surface area contributed by atoms with Gasteiger partial charge in [0.25, 0.3) is 11.5 Å². The van der Waals surface area contributed by atoms with E-state index < -0.39 is 0 Å². The maximum atomic E-state index is 10.7. The molecular weight excluding hydrogens is 381 g/mol. The van der Waals surface area contributed by atoms with Gasteiger partial charge in [-0.2, -0.15) is 0 Å². The highest BCUT2D eigenvalue weighted by Gasteiger charge is 2.21. The summed E-state index contributed by atoms with van der Waals surface area (Å²) in [6.07, 6.45) is 0. The van der Waals surface area contributed by atoms with Crippen molar-refractivity contribution in [2.75, 3.05) is 0 Å². The van der Waals surface area contributed by atoms with E-state index in [1.807, 2.05) is 26.2 Å². The lowest BCUT2D eigenvalue weighted by Crippen LogP contribution is -2.29. The zero-order valence-corrected chi connectivity index (χ0v) is 14.0. The Hall–Kier alpha value is -1.96. The average molecular weight is 396 g/mol. The van der Waals surface area contributed by atoms with E-state index in [1.54, 1.807) is 12.1 Å². The van der Waals surface area contributed by atoms with E-state index in [1.165, 1.54) is 12.1 Å². The molecule has 3 rings (SSSR count). The third-order valence-corrected chi connectivity index (χ3v) is 3.58. The molecule has 0 fully saturated rings. The molecule has 2 aromatic carbocycles. The van der Waals surface area contributed by atoms with Gasteiger partial charge in [0.2, 0.25) is 0 Å². The second kappa shape index (κ2) is 5.80. The lowest BCUT2D eigenvalue weighted by Gasteiger charge is -1.98. The molecule has 0 spiro atoms. The van der Waals surface area contributed by atoms with Crippen molar-refractivity contribution in [3.05, 3.63) is 58.6 Å². The van der Waals surface area contributed by atoms with Gasteiger partial charge in [0.05, 0.1) is 24.6 Å². The van der Waals surface area contributed by atoms with E-state index in [2.05, 4.69) is 21.3 Å². The third-order valence-electron chi connectivity index (χ3n) is 3.58. The van der Waals surface area contributed by atoms with E-state index >= 15 is 0 Å². The molecule has 0 radical (unpaired) electrons. The van der Waals surface area contributed by atoms with Crippen LogP contribution in [0.25, 0.3) is 22.4 Å². The Labute approximate surface area is 139 Å². The number of hydrogen-bond donors (Lipinski definition) is 0. The molecule has 0 aliphatic heterocycles. The number of non-ortho nitro benzene ring substituents is 1. The zero-order valence-electron chi connectivity index (χ0n) is 11.7. The molecule has 1 aromatic heterocycles. The molecule has 5 nitrogen and oxygen atoms in total. The topological polar surface area (TPSA) is 51.9 Å². The Morgan fingerprint density at radius 3 is 2.29 bits per heavy atom. The zero-order chi connectivity index (χ0) is 14.3. The fourth-order valence-electron chi connectivity index (χ4n) is 2.60. The summed E-state index contributed by atoms with van der Waals surface area (Å²) in [7, 11) is 4.00. The average Bonchev–Trinajstić information content (AvgIpc) is 2.72. The van der Waals surface area contributed by atoms with Crippen molar-refractivity contribution in [1.82, 2.24) is 4.57 Å². The highest BCUT2D eigenvalue weighted by Crippen LogP contribution is 2.23. The van der Waals surface area contributed by atoms with Gasteiger partial charge in [-0.15, -0.1) is 24.0 Å². The summed E-state index contributed by atoms with van der Waals surface area (Å²) in [5, 5.41) is 10.7. The van der Waals surface area contributed by atoms with Crippen LogP contribution in [0, 0.1) is 10.1 Å². The SMILES string of the molecule is Cn1c(-c2ccc([N+](=O)[O-])cc2)[n+](C)c2ccccc21.I. The lowest BCUT2D eigenvalue weighted by atomic mass is 10.2. The van der Waals surface area contributed by atoms with E-state index in [-0.39, 0.29) is 34.6 Å². The maximum Gasteiger partial charge on any atom is 0.289 e. The van der Waals surface area contributed by atoms with Crippen molar-refractivity contribution < 1.29 is 9.49 Å². The van der Waals surface area contributed by atoms with Gasteiger partial charge in [0.1, 0.15) is 0 Å². The molecule has 21 heavy (non-hydrogen) atoms. The van der Waals surface area contributed by atoms with Gasteiger partial charge in [-0.3, -0.25) is 10.1 Å². The van der Waals surface area contributed by atoms with Crippen molar-refractivity contribution in [2.45, 2.75) is 0 Å². The van der Waals surface area contributed by atoms with E-state index in [0.717, 1.165) is 22.4 Å². The van der Waals surface area contributed by atoms with Crippen molar-refractivity contribution in [3.63, 3.8) is 0 Å². The first-order valence-electron chi connectivity index (χ1n) is 6.28. The summed E-state index contributed by atoms with van der Waals surface area (Å²) in [5.41, 5.74) is 3.32.